The van der Waals surface area contributed by atoms with Crippen molar-refractivity contribution in [1.82, 2.24) is 19.5 Å². The summed E-state index contributed by atoms with van der Waals surface area (Å²) < 4.78 is 6.96. The van der Waals surface area contributed by atoms with Crippen LogP contribution in [0.3, 0.4) is 0 Å². The largest absolute Gasteiger partial charge is 0.493 e. The van der Waals surface area contributed by atoms with E-state index in [0.29, 0.717) is 42.1 Å². The molecule has 0 spiro atoms. The summed E-state index contributed by atoms with van der Waals surface area (Å²) in [6, 6.07) is 8.95. The Kier molecular flexibility index (Phi) is 3.76. The molecular weight excluding hydrogens is 320 g/mol. The number of hydrogen-bond donors (Lipinski definition) is 1. The van der Waals surface area contributed by atoms with Crippen LogP contribution in [0.15, 0.2) is 41.3 Å². The van der Waals surface area contributed by atoms with Crippen LogP contribution in [-0.2, 0) is 13.0 Å². The van der Waals surface area contributed by atoms with Crippen LogP contribution < -0.4 is 10.3 Å². The molecule has 0 atom stereocenters. The van der Waals surface area contributed by atoms with Gasteiger partial charge in [0, 0.05) is 25.2 Å². The Morgan fingerprint density at radius 3 is 3.00 bits per heavy atom. The van der Waals surface area contributed by atoms with E-state index < -0.39 is 0 Å². The average molecular weight is 338 g/mol. The molecule has 7 nitrogen and oxygen atoms in total. The lowest BCUT2D eigenvalue weighted by molar-refractivity contribution is 0.0728. The molecule has 0 radical (unpaired) electrons. The highest BCUT2D eigenvalue weighted by molar-refractivity contribution is 5.97. The molecule has 3 heterocycles. The summed E-state index contributed by atoms with van der Waals surface area (Å²) in [5.41, 5.74) is 2.30. The van der Waals surface area contributed by atoms with Crippen molar-refractivity contribution in [3.05, 3.63) is 63.7 Å². The second-order valence-corrected chi connectivity index (χ2v) is 5.90. The second kappa shape index (κ2) is 6.08. The van der Waals surface area contributed by atoms with Crippen LogP contribution in [0, 0.1) is 0 Å². The SMILES string of the molecule is CCOc1ccccc1C(=O)N1CCc2nc3cc[nH]n3c(=O)c2C1. The number of carbonyl (C=O) groups is 1. The Hall–Kier alpha value is -3.09. The van der Waals surface area contributed by atoms with E-state index in [0.717, 1.165) is 5.69 Å². The number of hydrogen-bond acceptors (Lipinski definition) is 4. The molecule has 1 aliphatic heterocycles. The van der Waals surface area contributed by atoms with Gasteiger partial charge in [-0.05, 0) is 19.1 Å². The molecule has 1 N–H and O–H groups in total. The Bertz CT molecular complexity index is 1000. The highest BCUT2D eigenvalue weighted by atomic mass is 16.5. The maximum atomic E-state index is 12.9. The number of nitrogens with zero attached hydrogens (tertiary/aromatic N) is 3. The van der Waals surface area contributed by atoms with Crippen LogP contribution in [0.4, 0.5) is 0 Å². The summed E-state index contributed by atoms with van der Waals surface area (Å²) in [7, 11) is 0. The highest BCUT2D eigenvalue weighted by Crippen LogP contribution is 2.23. The number of aromatic amines is 1. The molecule has 0 unspecified atom stereocenters. The van der Waals surface area contributed by atoms with Gasteiger partial charge in [0.05, 0.1) is 30.0 Å². The van der Waals surface area contributed by atoms with Crippen LogP contribution in [-0.4, -0.2) is 38.6 Å². The van der Waals surface area contributed by atoms with Gasteiger partial charge in [-0.1, -0.05) is 12.1 Å². The molecule has 7 heteroatoms. The summed E-state index contributed by atoms with van der Waals surface area (Å²) in [4.78, 5) is 31.8. The number of benzene rings is 1. The van der Waals surface area contributed by atoms with Crippen molar-refractivity contribution < 1.29 is 9.53 Å². The first-order valence-corrected chi connectivity index (χ1v) is 8.28. The third-order valence-electron chi connectivity index (χ3n) is 4.40. The smallest absolute Gasteiger partial charge is 0.277 e. The van der Waals surface area contributed by atoms with E-state index in [1.54, 1.807) is 29.3 Å². The molecule has 1 aliphatic rings. The Morgan fingerprint density at radius 1 is 1.32 bits per heavy atom. The van der Waals surface area contributed by atoms with Gasteiger partial charge in [0.25, 0.3) is 11.5 Å². The second-order valence-electron chi connectivity index (χ2n) is 5.90. The fourth-order valence-electron chi connectivity index (χ4n) is 3.19. The number of para-hydroxylation sites is 1. The van der Waals surface area contributed by atoms with Gasteiger partial charge in [-0.2, -0.15) is 0 Å². The average Bonchev–Trinajstić information content (AvgIpc) is 3.11. The molecule has 0 aliphatic carbocycles. The molecule has 25 heavy (non-hydrogen) atoms. The maximum absolute atomic E-state index is 12.9. The zero-order valence-corrected chi connectivity index (χ0v) is 13.9. The number of rotatable bonds is 3. The minimum Gasteiger partial charge on any atom is -0.493 e. The monoisotopic (exact) mass is 338 g/mol. The van der Waals surface area contributed by atoms with Crippen LogP contribution in [0.2, 0.25) is 0 Å². The first-order chi connectivity index (χ1) is 12.2. The fourth-order valence-corrected chi connectivity index (χ4v) is 3.19. The zero-order chi connectivity index (χ0) is 17.4. The lowest BCUT2D eigenvalue weighted by atomic mass is 10.1. The first kappa shape index (κ1) is 15.4. The van der Waals surface area contributed by atoms with Gasteiger partial charge in [0.15, 0.2) is 5.65 Å². The van der Waals surface area contributed by atoms with Crippen LogP contribution in [0.1, 0.15) is 28.5 Å². The fraction of sp³-hybridized carbons (Fsp3) is 0.278. The van der Waals surface area contributed by atoms with Gasteiger partial charge in [-0.3, -0.25) is 14.7 Å². The number of fused-ring (bicyclic) bond motifs is 2. The van der Waals surface area contributed by atoms with Crippen LogP contribution in [0.5, 0.6) is 5.75 Å². The number of amides is 1. The molecule has 3 aromatic rings. The summed E-state index contributed by atoms with van der Waals surface area (Å²) in [5, 5.41) is 2.86. The Balaban J connectivity index is 1.68. The van der Waals surface area contributed by atoms with Gasteiger partial charge in [-0.25, -0.2) is 9.50 Å². The third kappa shape index (κ3) is 2.57. The molecule has 128 valence electrons. The molecule has 0 fully saturated rings. The van der Waals surface area contributed by atoms with E-state index in [1.807, 2.05) is 19.1 Å². The molecule has 2 aromatic heterocycles. The van der Waals surface area contributed by atoms with E-state index in [4.69, 9.17) is 4.74 Å². The van der Waals surface area contributed by atoms with Gasteiger partial charge < -0.3 is 9.64 Å². The minimum atomic E-state index is -0.152. The van der Waals surface area contributed by atoms with Crippen molar-refractivity contribution in [3.8, 4) is 5.75 Å². The van der Waals surface area contributed by atoms with E-state index in [9.17, 15) is 9.59 Å². The minimum absolute atomic E-state index is 0.134. The Labute approximate surface area is 143 Å². The zero-order valence-electron chi connectivity index (χ0n) is 13.9. The Morgan fingerprint density at radius 2 is 2.16 bits per heavy atom. The van der Waals surface area contributed by atoms with Crippen molar-refractivity contribution in [2.45, 2.75) is 19.9 Å². The van der Waals surface area contributed by atoms with Crippen molar-refractivity contribution in [2.24, 2.45) is 0 Å². The van der Waals surface area contributed by atoms with Gasteiger partial charge in [0.1, 0.15) is 5.75 Å². The predicted octanol–water partition coefficient (Wildman–Crippen LogP) is 1.62. The molecule has 0 bridgehead atoms. The topological polar surface area (TPSA) is 79.7 Å². The molecule has 1 aromatic carbocycles. The number of carbonyl (C=O) groups excluding carboxylic acids is 1. The van der Waals surface area contributed by atoms with Crippen LogP contribution >= 0.6 is 0 Å². The van der Waals surface area contributed by atoms with Gasteiger partial charge in [0.2, 0.25) is 0 Å². The number of ether oxygens (including phenoxy) is 1. The summed E-state index contributed by atoms with van der Waals surface area (Å²) in [5.74, 6) is 0.432. The predicted molar refractivity (Wildman–Crippen MR) is 91.9 cm³/mol. The lowest BCUT2D eigenvalue weighted by Crippen LogP contribution is -2.40. The molecule has 0 saturated heterocycles. The molecular formula is C18H18N4O3. The van der Waals surface area contributed by atoms with Gasteiger partial charge >= 0.3 is 0 Å². The first-order valence-electron chi connectivity index (χ1n) is 8.28. The van der Waals surface area contributed by atoms with Crippen molar-refractivity contribution in [2.75, 3.05) is 13.2 Å². The van der Waals surface area contributed by atoms with E-state index in [1.165, 1.54) is 4.52 Å². The van der Waals surface area contributed by atoms with E-state index in [-0.39, 0.29) is 18.0 Å². The number of H-pyrrole nitrogens is 1. The van der Waals surface area contributed by atoms with Crippen molar-refractivity contribution >= 4 is 11.6 Å². The maximum Gasteiger partial charge on any atom is 0.277 e. The standard InChI is InChI=1S/C18H18N4O3/c1-2-25-15-6-4-3-5-12(15)17(23)21-10-8-14-13(11-21)18(24)22-16(20-14)7-9-19-22/h3-7,9,19H,2,8,10-11H2,1H3. The van der Waals surface area contributed by atoms with E-state index >= 15 is 0 Å². The van der Waals surface area contributed by atoms with Crippen LogP contribution in [0.25, 0.3) is 5.65 Å². The van der Waals surface area contributed by atoms with Gasteiger partial charge in [-0.15, -0.1) is 0 Å². The molecule has 0 saturated carbocycles. The molecule has 4 rings (SSSR count). The normalized spacial score (nSPS) is 13.7. The van der Waals surface area contributed by atoms with Crippen molar-refractivity contribution in [3.63, 3.8) is 0 Å². The highest BCUT2D eigenvalue weighted by Gasteiger charge is 2.27. The quantitative estimate of drug-likeness (QED) is 0.787. The summed E-state index contributed by atoms with van der Waals surface area (Å²) in [6.45, 7) is 3.15. The molecule has 1 amide bonds. The number of aromatic nitrogens is 3. The summed E-state index contributed by atoms with van der Waals surface area (Å²) >= 11 is 0. The third-order valence-corrected chi connectivity index (χ3v) is 4.40. The van der Waals surface area contributed by atoms with Crippen molar-refractivity contribution in [1.29, 1.82) is 0 Å². The lowest BCUT2D eigenvalue weighted by Gasteiger charge is -2.28. The summed E-state index contributed by atoms with van der Waals surface area (Å²) in [6.07, 6.45) is 2.24. The number of nitrogens with one attached hydrogen (secondary N) is 1. The van der Waals surface area contributed by atoms with E-state index in [2.05, 4.69) is 10.1 Å².